The van der Waals surface area contributed by atoms with Crippen LogP contribution >= 0.6 is 11.6 Å². The Kier molecular flexibility index (Phi) is 6.41. The van der Waals surface area contributed by atoms with Crippen molar-refractivity contribution in [2.24, 2.45) is 0 Å². The quantitative estimate of drug-likeness (QED) is 0.666. The summed E-state index contributed by atoms with van der Waals surface area (Å²) in [6, 6.07) is 8.00. The van der Waals surface area contributed by atoms with Gasteiger partial charge in [0.25, 0.3) is 17.7 Å². The lowest BCUT2D eigenvalue weighted by atomic mass is 10.2. The molecule has 0 aliphatic rings. The van der Waals surface area contributed by atoms with Gasteiger partial charge in [-0.3, -0.25) is 25.2 Å². The molecule has 0 unspecified atom stereocenters. The van der Waals surface area contributed by atoms with E-state index in [1.54, 1.807) is 24.3 Å². The highest BCUT2D eigenvalue weighted by Crippen LogP contribution is 2.20. The molecule has 0 atom stereocenters. The standard InChI is InChI=1S/C16H16ClN3O5/c1-10-7-11(4-5-12(10)17)25-9-15(22)20-19-14(21)8-18-16(23)13-3-2-6-24-13/h2-7H,8-9H2,1H3,(H,18,23)(H,19,21)(H,20,22). The van der Waals surface area contributed by atoms with Gasteiger partial charge < -0.3 is 14.5 Å². The summed E-state index contributed by atoms with van der Waals surface area (Å²) in [6.07, 6.45) is 1.34. The number of ether oxygens (including phenoxy) is 1. The van der Waals surface area contributed by atoms with Gasteiger partial charge in [0.05, 0.1) is 12.8 Å². The van der Waals surface area contributed by atoms with E-state index < -0.39 is 17.7 Å². The number of furan rings is 1. The summed E-state index contributed by atoms with van der Waals surface area (Å²) in [6.45, 7) is 1.20. The molecule has 0 aliphatic heterocycles. The molecule has 0 saturated heterocycles. The van der Waals surface area contributed by atoms with Gasteiger partial charge in [-0.15, -0.1) is 0 Å². The van der Waals surface area contributed by atoms with Crippen LogP contribution in [0.15, 0.2) is 41.0 Å². The molecular weight excluding hydrogens is 350 g/mol. The van der Waals surface area contributed by atoms with Crippen LogP contribution in [0.1, 0.15) is 16.1 Å². The third-order valence-electron chi connectivity index (χ3n) is 3.00. The number of hydrogen-bond acceptors (Lipinski definition) is 5. The Hall–Kier alpha value is -3.00. The Morgan fingerprint density at radius 2 is 1.92 bits per heavy atom. The van der Waals surface area contributed by atoms with Gasteiger partial charge in [0.15, 0.2) is 12.4 Å². The minimum absolute atomic E-state index is 0.0866. The fraction of sp³-hybridized carbons (Fsp3) is 0.188. The van der Waals surface area contributed by atoms with Crippen molar-refractivity contribution in [2.75, 3.05) is 13.2 Å². The number of benzene rings is 1. The second-order valence-electron chi connectivity index (χ2n) is 4.96. The van der Waals surface area contributed by atoms with Crippen LogP contribution in [0, 0.1) is 6.92 Å². The summed E-state index contributed by atoms with van der Waals surface area (Å²) in [5.74, 6) is -1.13. The topological polar surface area (TPSA) is 110 Å². The van der Waals surface area contributed by atoms with Gasteiger partial charge in [-0.25, -0.2) is 0 Å². The molecule has 0 saturated carbocycles. The number of rotatable bonds is 6. The number of hydrogen-bond donors (Lipinski definition) is 3. The van der Waals surface area contributed by atoms with E-state index in [0.29, 0.717) is 10.8 Å². The lowest BCUT2D eigenvalue weighted by Gasteiger charge is -2.10. The SMILES string of the molecule is Cc1cc(OCC(=O)NNC(=O)CNC(=O)c2ccco2)ccc1Cl. The Morgan fingerprint density at radius 1 is 1.16 bits per heavy atom. The van der Waals surface area contributed by atoms with Crippen molar-refractivity contribution in [1.29, 1.82) is 0 Å². The highest BCUT2D eigenvalue weighted by molar-refractivity contribution is 6.31. The van der Waals surface area contributed by atoms with Crippen LogP contribution in [0.2, 0.25) is 5.02 Å². The maximum Gasteiger partial charge on any atom is 0.287 e. The second kappa shape index (κ2) is 8.74. The van der Waals surface area contributed by atoms with Crippen molar-refractivity contribution in [3.63, 3.8) is 0 Å². The minimum Gasteiger partial charge on any atom is -0.484 e. The van der Waals surface area contributed by atoms with E-state index in [4.69, 9.17) is 20.8 Å². The number of nitrogens with one attached hydrogen (secondary N) is 3. The Balaban J connectivity index is 1.66. The lowest BCUT2D eigenvalue weighted by molar-refractivity contribution is -0.129. The number of amides is 3. The Labute approximate surface area is 148 Å². The highest BCUT2D eigenvalue weighted by atomic mass is 35.5. The molecule has 1 aromatic carbocycles. The van der Waals surface area contributed by atoms with E-state index in [-0.39, 0.29) is 18.9 Å². The maximum absolute atomic E-state index is 11.6. The molecule has 0 bridgehead atoms. The van der Waals surface area contributed by atoms with Crippen LogP contribution in [0.4, 0.5) is 0 Å². The Morgan fingerprint density at radius 3 is 2.60 bits per heavy atom. The van der Waals surface area contributed by atoms with Gasteiger partial charge in [0.1, 0.15) is 5.75 Å². The van der Waals surface area contributed by atoms with E-state index in [1.807, 2.05) is 6.92 Å². The lowest BCUT2D eigenvalue weighted by Crippen LogP contribution is -2.47. The number of hydrazine groups is 1. The van der Waals surface area contributed by atoms with Gasteiger partial charge in [-0.05, 0) is 42.8 Å². The zero-order valence-corrected chi connectivity index (χ0v) is 14.1. The average molecular weight is 366 g/mol. The first-order valence-corrected chi connectivity index (χ1v) is 7.62. The van der Waals surface area contributed by atoms with Gasteiger partial charge in [0.2, 0.25) is 0 Å². The van der Waals surface area contributed by atoms with Crippen LogP contribution in [-0.4, -0.2) is 30.9 Å². The van der Waals surface area contributed by atoms with Crippen LogP contribution in [0.5, 0.6) is 5.75 Å². The summed E-state index contributed by atoms with van der Waals surface area (Å²) < 4.78 is 10.2. The van der Waals surface area contributed by atoms with Crippen molar-refractivity contribution in [3.05, 3.63) is 52.9 Å². The molecule has 8 nitrogen and oxygen atoms in total. The molecule has 0 radical (unpaired) electrons. The van der Waals surface area contributed by atoms with Crippen molar-refractivity contribution in [2.45, 2.75) is 6.92 Å². The third-order valence-corrected chi connectivity index (χ3v) is 3.42. The zero-order chi connectivity index (χ0) is 18.2. The van der Waals surface area contributed by atoms with Gasteiger partial charge in [-0.2, -0.15) is 0 Å². The molecular formula is C16H16ClN3O5. The van der Waals surface area contributed by atoms with Gasteiger partial charge in [-0.1, -0.05) is 11.6 Å². The van der Waals surface area contributed by atoms with Crippen LogP contribution < -0.4 is 20.9 Å². The summed E-state index contributed by atoms with van der Waals surface area (Å²) in [4.78, 5) is 34.7. The van der Waals surface area contributed by atoms with Crippen LogP contribution in [0.3, 0.4) is 0 Å². The molecule has 0 aliphatic carbocycles. The van der Waals surface area contributed by atoms with Gasteiger partial charge in [0, 0.05) is 5.02 Å². The molecule has 2 rings (SSSR count). The largest absolute Gasteiger partial charge is 0.484 e. The first-order chi connectivity index (χ1) is 12.0. The summed E-state index contributed by atoms with van der Waals surface area (Å²) in [5, 5.41) is 2.94. The summed E-state index contributed by atoms with van der Waals surface area (Å²) in [7, 11) is 0. The van der Waals surface area contributed by atoms with E-state index in [9.17, 15) is 14.4 Å². The second-order valence-corrected chi connectivity index (χ2v) is 5.36. The first kappa shape index (κ1) is 18.3. The predicted octanol–water partition coefficient (Wildman–Crippen LogP) is 1.20. The van der Waals surface area contributed by atoms with Gasteiger partial charge >= 0.3 is 0 Å². The molecule has 0 fully saturated rings. The van der Waals surface area contributed by atoms with E-state index in [2.05, 4.69) is 16.2 Å². The summed E-state index contributed by atoms with van der Waals surface area (Å²) >= 11 is 5.89. The predicted molar refractivity (Wildman–Crippen MR) is 89.0 cm³/mol. The fourth-order valence-corrected chi connectivity index (χ4v) is 1.85. The zero-order valence-electron chi connectivity index (χ0n) is 13.3. The molecule has 1 aromatic heterocycles. The molecule has 9 heteroatoms. The molecule has 132 valence electrons. The van der Waals surface area contributed by atoms with Crippen LogP contribution in [0.25, 0.3) is 0 Å². The minimum atomic E-state index is -0.601. The fourth-order valence-electron chi connectivity index (χ4n) is 1.73. The van der Waals surface area contributed by atoms with Crippen LogP contribution in [-0.2, 0) is 9.59 Å². The maximum atomic E-state index is 11.6. The molecule has 25 heavy (non-hydrogen) atoms. The van der Waals surface area contributed by atoms with E-state index in [0.717, 1.165) is 5.56 Å². The van der Waals surface area contributed by atoms with E-state index in [1.165, 1.54) is 12.3 Å². The number of carbonyl (C=O) groups is 3. The van der Waals surface area contributed by atoms with Crippen molar-refractivity contribution >= 4 is 29.3 Å². The molecule has 3 amide bonds. The molecule has 3 N–H and O–H groups in total. The highest BCUT2D eigenvalue weighted by Gasteiger charge is 2.11. The monoisotopic (exact) mass is 365 g/mol. The number of aryl methyl sites for hydroxylation is 1. The smallest absolute Gasteiger partial charge is 0.287 e. The van der Waals surface area contributed by atoms with Crippen molar-refractivity contribution in [3.8, 4) is 5.75 Å². The molecule has 0 spiro atoms. The Bertz CT molecular complexity index is 761. The van der Waals surface area contributed by atoms with Crippen molar-refractivity contribution in [1.82, 2.24) is 16.2 Å². The molecule has 1 heterocycles. The first-order valence-electron chi connectivity index (χ1n) is 7.24. The average Bonchev–Trinajstić information content (AvgIpc) is 3.13. The normalized spacial score (nSPS) is 10.0. The number of carbonyl (C=O) groups excluding carboxylic acids is 3. The molecule has 2 aromatic rings. The third kappa shape index (κ3) is 5.85. The van der Waals surface area contributed by atoms with Crippen molar-refractivity contribution < 1.29 is 23.5 Å². The number of halogens is 1. The van der Waals surface area contributed by atoms with E-state index >= 15 is 0 Å². The summed E-state index contributed by atoms with van der Waals surface area (Å²) in [5.41, 5.74) is 5.15.